The molecule has 2 rings (SSSR count). The predicted molar refractivity (Wildman–Crippen MR) is 106 cm³/mol. The number of carbonyl (C=O) groups is 1. The van der Waals surface area contributed by atoms with E-state index in [2.05, 4.69) is 48.6 Å². The van der Waals surface area contributed by atoms with Crippen molar-refractivity contribution in [3.63, 3.8) is 0 Å². The van der Waals surface area contributed by atoms with Crippen LogP contribution in [0.2, 0.25) is 0 Å². The van der Waals surface area contributed by atoms with Crippen molar-refractivity contribution in [3.05, 3.63) is 35.9 Å². The summed E-state index contributed by atoms with van der Waals surface area (Å²) in [4.78, 5) is 16.6. The molecule has 5 nitrogen and oxygen atoms in total. The zero-order chi connectivity index (χ0) is 19.2. The first kappa shape index (κ1) is 20.7. The highest BCUT2D eigenvalue weighted by atomic mass is 16.6. The molecule has 1 aliphatic heterocycles. The number of rotatable bonds is 6. The Bertz CT molecular complexity index is 554. The Kier molecular flexibility index (Phi) is 7.47. The second kappa shape index (κ2) is 9.38. The van der Waals surface area contributed by atoms with Crippen LogP contribution in [0.4, 0.5) is 4.79 Å². The van der Waals surface area contributed by atoms with Gasteiger partial charge in [0.15, 0.2) is 0 Å². The first-order valence-corrected chi connectivity index (χ1v) is 9.64. The highest BCUT2D eigenvalue weighted by Crippen LogP contribution is 2.23. The van der Waals surface area contributed by atoms with Crippen LogP contribution in [0.1, 0.15) is 32.8 Å². The first-order chi connectivity index (χ1) is 12.2. The Labute approximate surface area is 158 Å². The van der Waals surface area contributed by atoms with Gasteiger partial charge in [-0.1, -0.05) is 30.3 Å². The number of carbonyl (C=O) groups excluding carboxylic acids is 1. The molecule has 1 heterocycles. The third kappa shape index (κ3) is 6.96. The Hall–Kier alpha value is -1.59. The average Bonchev–Trinajstić information content (AvgIpc) is 2.55. The molecule has 0 aliphatic carbocycles. The highest BCUT2D eigenvalue weighted by Gasteiger charge is 2.33. The zero-order valence-electron chi connectivity index (χ0n) is 17.0. The molecule has 146 valence electrons. The van der Waals surface area contributed by atoms with E-state index in [9.17, 15) is 4.79 Å². The second-order valence-corrected chi connectivity index (χ2v) is 8.53. The fourth-order valence-corrected chi connectivity index (χ4v) is 3.39. The van der Waals surface area contributed by atoms with Gasteiger partial charge in [-0.2, -0.15) is 0 Å². The number of amides is 1. The summed E-state index contributed by atoms with van der Waals surface area (Å²) in [7, 11) is 4.18. The largest absolute Gasteiger partial charge is 0.444 e. The summed E-state index contributed by atoms with van der Waals surface area (Å²) >= 11 is 0. The molecule has 2 atom stereocenters. The Morgan fingerprint density at radius 1 is 1.27 bits per heavy atom. The first-order valence-electron chi connectivity index (χ1n) is 9.64. The van der Waals surface area contributed by atoms with E-state index in [4.69, 9.17) is 4.74 Å². The molecular weight excluding hydrogens is 326 g/mol. The number of hydrogen-bond acceptors (Lipinski definition) is 4. The minimum absolute atomic E-state index is 0.192. The summed E-state index contributed by atoms with van der Waals surface area (Å²) < 4.78 is 5.58. The van der Waals surface area contributed by atoms with Crippen LogP contribution in [-0.4, -0.2) is 67.8 Å². The van der Waals surface area contributed by atoms with Gasteiger partial charge in [0.05, 0.1) is 0 Å². The fourth-order valence-electron chi connectivity index (χ4n) is 3.39. The van der Waals surface area contributed by atoms with Crippen molar-refractivity contribution in [1.29, 1.82) is 0 Å². The van der Waals surface area contributed by atoms with E-state index in [-0.39, 0.29) is 6.09 Å². The van der Waals surface area contributed by atoms with E-state index in [0.29, 0.717) is 12.0 Å². The number of benzene rings is 1. The second-order valence-electron chi connectivity index (χ2n) is 8.53. The van der Waals surface area contributed by atoms with Crippen LogP contribution in [0.25, 0.3) is 0 Å². The van der Waals surface area contributed by atoms with Gasteiger partial charge in [-0.15, -0.1) is 0 Å². The van der Waals surface area contributed by atoms with Gasteiger partial charge < -0.3 is 19.9 Å². The molecule has 1 N–H and O–H groups in total. The van der Waals surface area contributed by atoms with Gasteiger partial charge in [0, 0.05) is 32.2 Å². The summed E-state index contributed by atoms with van der Waals surface area (Å²) in [6.45, 7) is 9.23. The molecule has 0 radical (unpaired) electrons. The topological polar surface area (TPSA) is 44.8 Å². The molecular formula is C21H35N3O2. The van der Waals surface area contributed by atoms with E-state index in [1.807, 2.05) is 31.7 Å². The smallest absolute Gasteiger partial charge is 0.410 e. The van der Waals surface area contributed by atoms with Crippen LogP contribution >= 0.6 is 0 Å². The summed E-state index contributed by atoms with van der Waals surface area (Å²) in [5.41, 5.74) is 0.871. The molecule has 1 aromatic rings. The lowest BCUT2D eigenvalue weighted by molar-refractivity contribution is 0.0131. The quantitative estimate of drug-likeness (QED) is 0.846. The Balaban J connectivity index is 2.01. The minimum atomic E-state index is -0.452. The molecule has 0 aromatic heterocycles. The minimum Gasteiger partial charge on any atom is -0.444 e. The standard InChI is InChI=1S/C21H35N3O2/c1-21(2,3)26-20(25)24-13-11-19(22-12-14-23(4)5)18(16-24)15-17-9-7-6-8-10-17/h6-10,18-19,22H,11-16H2,1-5H3. The van der Waals surface area contributed by atoms with E-state index >= 15 is 0 Å². The van der Waals surface area contributed by atoms with E-state index < -0.39 is 5.60 Å². The number of likely N-dealkylation sites (tertiary alicyclic amines) is 1. The van der Waals surface area contributed by atoms with Crippen LogP contribution < -0.4 is 5.32 Å². The highest BCUT2D eigenvalue weighted by molar-refractivity contribution is 5.68. The molecule has 0 saturated carbocycles. The van der Waals surface area contributed by atoms with Crippen LogP contribution in [0, 0.1) is 5.92 Å². The number of ether oxygens (including phenoxy) is 1. The van der Waals surface area contributed by atoms with Crippen molar-refractivity contribution in [1.82, 2.24) is 15.1 Å². The molecule has 26 heavy (non-hydrogen) atoms. The maximum absolute atomic E-state index is 12.5. The van der Waals surface area contributed by atoms with Crippen LogP contribution in [0.3, 0.4) is 0 Å². The Morgan fingerprint density at radius 2 is 1.96 bits per heavy atom. The number of nitrogens with one attached hydrogen (secondary N) is 1. The van der Waals surface area contributed by atoms with Gasteiger partial charge >= 0.3 is 6.09 Å². The van der Waals surface area contributed by atoms with Crippen molar-refractivity contribution in [2.24, 2.45) is 5.92 Å². The molecule has 1 fully saturated rings. The predicted octanol–water partition coefficient (Wildman–Crippen LogP) is 3.01. The van der Waals surface area contributed by atoms with E-state index in [1.54, 1.807) is 0 Å². The normalized spacial score (nSPS) is 21.1. The van der Waals surface area contributed by atoms with Gasteiger partial charge in [-0.25, -0.2) is 4.79 Å². The molecule has 1 saturated heterocycles. The van der Waals surface area contributed by atoms with Crippen LogP contribution in [0.15, 0.2) is 30.3 Å². The third-order valence-corrected chi connectivity index (χ3v) is 4.69. The van der Waals surface area contributed by atoms with E-state index in [1.165, 1.54) is 5.56 Å². The zero-order valence-corrected chi connectivity index (χ0v) is 17.0. The number of hydrogen-bond donors (Lipinski definition) is 1. The number of piperidine rings is 1. The van der Waals surface area contributed by atoms with Gasteiger partial charge in [0.25, 0.3) is 0 Å². The van der Waals surface area contributed by atoms with Gasteiger partial charge in [0.1, 0.15) is 5.60 Å². The van der Waals surface area contributed by atoms with Crippen molar-refractivity contribution in [2.45, 2.75) is 45.3 Å². The summed E-state index contributed by atoms with van der Waals surface area (Å²) in [6, 6.07) is 11.0. The molecule has 2 unspecified atom stereocenters. The van der Waals surface area contributed by atoms with Gasteiger partial charge in [-0.05, 0) is 59.2 Å². The molecule has 1 aromatic carbocycles. The fraction of sp³-hybridized carbons (Fsp3) is 0.667. The summed E-state index contributed by atoms with van der Waals surface area (Å²) in [5, 5.41) is 3.71. The van der Waals surface area contributed by atoms with Crippen LogP contribution in [0.5, 0.6) is 0 Å². The lowest BCUT2D eigenvalue weighted by Crippen LogP contribution is -2.53. The molecule has 5 heteroatoms. The molecule has 1 aliphatic rings. The monoisotopic (exact) mass is 361 g/mol. The molecule has 0 spiro atoms. The maximum atomic E-state index is 12.5. The maximum Gasteiger partial charge on any atom is 0.410 e. The van der Waals surface area contributed by atoms with Crippen LogP contribution in [-0.2, 0) is 11.2 Å². The lowest BCUT2D eigenvalue weighted by atomic mass is 9.86. The van der Waals surface area contributed by atoms with Gasteiger partial charge in [0.2, 0.25) is 0 Å². The third-order valence-electron chi connectivity index (χ3n) is 4.69. The van der Waals surface area contributed by atoms with Crippen molar-refractivity contribution < 1.29 is 9.53 Å². The van der Waals surface area contributed by atoms with Gasteiger partial charge in [-0.3, -0.25) is 0 Å². The van der Waals surface area contributed by atoms with Crippen molar-refractivity contribution in [3.8, 4) is 0 Å². The summed E-state index contributed by atoms with van der Waals surface area (Å²) in [6.07, 6.45) is 1.74. The number of likely N-dealkylation sites (N-methyl/N-ethyl adjacent to an activating group) is 1. The summed E-state index contributed by atoms with van der Waals surface area (Å²) in [5.74, 6) is 0.390. The molecule has 0 bridgehead atoms. The average molecular weight is 362 g/mol. The van der Waals surface area contributed by atoms with E-state index in [0.717, 1.165) is 39.0 Å². The molecule has 1 amide bonds. The number of nitrogens with zero attached hydrogens (tertiary/aromatic N) is 2. The lowest BCUT2D eigenvalue weighted by Gasteiger charge is -2.39. The Morgan fingerprint density at radius 3 is 2.58 bits per heavy atom. The SMILES string of the molecule is CN(C)CCNC1CCN(C(=O)OC(C)(C)C)CC1Cc1ccccc1. The van der Waals surface area contributed by atoms with Crippen molar-refractivity contribution >= 4 is 6.09 Å². The van der Waals surface area contributed by atoms with Crippen molar-refractivity contribution in [2.75, 3.05) is 40.3 Å².